The summed E-state index contributed by atoms with van der Waals surface area (Å²) in [6, 6.07) is 5.49. The van der Waals surface area contributed by atoms with Gasteiger partial charge in [-0.1, -0.05) is 38.4 Å². The summed E-state index contributed by atoms with van der Waals surface area (Å²) in [5.74, 6) is 2.01. The van der Waals surface area contributed by atoms with Gasteiger partial charge in [-0.3, -0.25) is 0 Å². The van der Waals surface area contributed by atoms with E-state index in [0.29, 0.717) is 29.2 Å². The van der Waals surface area contributed by atoms with E-state index < -0.39 is 0 Å². The third-order valence-corrected chi connectivity index (χ3v) is 3.04. The van der Waals surface area contributed by atoms with E-state index in [1.54, 1.807) is 19.4 Å². The maximum atomic E-state index is 6.06. The molecule has 0 radical (unpaired) electrons. The van der Waals surface area contributed by atoms with Gasteiger partial charge in [0.25, 0.3) is 0 Å². The van der Waals surface area contributed by atoms with E-state index in [2.05, 4.69) is 41.0 Å². The molecule has 2 rings (SSSR count). The molecule has 0 fully saturated rings. The maximum Gasteiger partial charge on any atom is 0.212 e. The van der Waals surface area contributed by atoms with Crippen molar-refractivity contribution >= 4 is 17.4 Å². The fourth-order valence-corrected chi connectivity index (χ4v) is 1.86. The molecule has 0 atom stereocenters. The van der Waals surface area contributed by atoms with E-state index in [0.717, 1.165) is 5.56 Å². The zero-order valence-corrected chi connectivity index (χ0v) is 13.4. The van der Waals surface area contributed by atoms with Gasteiger partial charge >= 0.3 is 0 Å². The summed E-state index contributed by atoms with van der Waals surface area (Å²) in [6.45, 7) is 6.76. The van der Waals surface area contributed by atoms with Crippen molar-refractivity contribution in [2.45, 2.75) is 32.7 Å². The van der Waals surface area contributed by atoms with E-state index in [1.807, 2.05) is 12.1 Å². The largest absolute Gasteiger partial charge is 0.481 e. The van der Waals surface area contributed by atoms with Crippen LogP contribution in [-0.4, -0.2) is 22.1 Å². The van der Waals surface area contributed by atoms with Crippen LogP contribution in [0.4, 0.5) is 5.82 Å². The molecule has 0 aliphatic heterocycles. The lowest BCUT2D eigenvalue weighted by Gasteiger charge is -2.17. The SMILES string of the molecule is COc1ccc(CNc2cc(Cl)nc(C(C)(C)C)n2)cn1. The lowest BCUT2D eigenvalue weighted by molar-refractivity contribution is 0.397. The molecule has 0 saturated heterocycles. The molecule has 0 bridgehead atoms. The molecule has 0 unspecified atom stereocenters. The number of pyridine rings is 1. The van der Waals surface area contributed by atoms with Crippen molar-refractivity contribution in [3.63, 3.8) is 0 Å². The van der Waals surface area contributed by atoms with E-state index >= 15 is 0 Å². The first kappa shape index (κ1) is 15.5. The topological polar surface area (TPSA) is 59.9 Å². The van der Waals surface area contributed by atoms with E-state index in [4.69, 9.17) is 16.3 Å². The molecule has 0 saturated carbocycles. The van der Waals surface area contributed by atoms with Crippen LogP contribution >= 0.6 is 11.6 Å². The molecule has 6 heteroatoms. The van der Waals surface area contributed by atoms with Crippen LogP contribution < -0.4 is 10.1 Å². The number of nitrogens with one attached hydrogen (secondary N) is 1. The summed E-state index contributed by atoms with van der Waals surface area (Å²) in [5, 5.41) is 3.67. The quantitative estimate of drug-likeness (QED) is 0.877. The zero-order valence-electron chi connectivity index (χ0n) is 12.6. The number of ether oxygens (including phenoxy) is 1. The number of nitrogens with zero attached hydrogens (tertiary/aromatic N) is 3. The predicted molar refractivity (Wildman–Crippen MR) is 83.9 cm³/mol. The van der Waals surface area contributed by atoms with Crippen LogP contribution in [0.5, 0.6) is 5.88 Å². The van der Waals surface area contributed by atoms with Crippen molar-refractivity contribution in [1.29, 1.82) is 0 Å². The highest BCUT2D eigenvalue weighted by Crippen LogP contribution is 2.22. The fraction of sp³-hybridized carbons (Fsp3) is 0.400. The van der Waals surface area contributed by atoms with Gasteiger partial charge in [0, 0.05) is 30.3 Å². The molecule has 0 spiro atoms. The smallest absolute Gasteiger partial charge is 0.212 e. The van der Waals surface area contributed by atoms with Gasteiger partial charge in [-0.05, 0) is 5.56 Å². The molecular formula is C15H19ClN4O. The van der Waals surface area contributed by atoms with E-state index in [9.17, 15) is 0 Å². The highest BCUT2D eigenvalue weighted by atomic mass is 35.5. The number of rotatable bonds is 4. The van der Waals surface area contributed by atoms with Gasteiger partial charge in [0.1, 0.15) is 16.8 Å². The third kappa shape index (κ3) is 4.29. The van der Waals surface area contributed by atoms with E-state index in [-0.39, 0.29) is 5.41 Å². The molecule has 0 aliphatic rings. The number of halogens is 1. The first-order valence-electron chi connectivity index (χ1n) is 6.66. The van der Waals surface area contributed by atoms with Crippen molar-refractivity contribution in [1.82, 2.24) is 15.0 Å². The summed E-state index contributed by atoms with van der Waals surface area (Å²) in [5.41, 5.74) is 0.881. The Morgan fingerprint density at radius 1 is 1.24 bits per heavy atom. The van der Waals surface area contributed by atoms with Crippen LogP contribution in [0.2, 0.25) is 5.15 Å². The number of aromatic nitrogens is 3. The Morgan fingerprint density at radius 2 is 2.00 bits per heavy atom. The Morgan fingerprint density at radius 3 is 2.57 bits per heavy atom. The molecule has 5 nitrogen and oxygen atoms in total. The molecule has 0 amide bonds. The second kappa shape index (κ2) is 6.26. The monoisotopic (exact) mass is 306 g/mol. The van der Waals surface area contributed by atoms with Gasteiger partial charge in [-0.25, -0.2) is 15.0 Å². The van der Waals surface area contributed by atoms with E-state index in [1.165, 1.54) is 0 Å². The third-order valence-electron chi connectivity index (χ3n) is 2.85. The van der Waals surface area contributed by atoms with Crippen molar-refractivity contribution in [2.75, 3.05) is 12.4 Å². The Bertz CT molecular complexity index is 608. The van der Waals surface area contributed by atoms with Gasteiger partial charge < -0.3 is 10.1 Å². The summed E-state index contributed by atoms with van der Waals surface area (Å²) in [4.78, 5) is 12.9. The molecule has 2 heterocycles. The fourth-order valence-electron chi connectivity index (χ4n) is 1.67. The molecule has 21 heavy (non-hydrogen) atoms. The Labute approximate surface area is 129 Å². The van der Waals surface area contributed by atoms with Gasteiger partial charge in [0.15, 0.2) is 0 Å². The minimum absolute atomic E-state index is 0.150. The summed E-state index contributed by atoms with van der Waals surface area (Å²) in [7, 11) is 1.59. The number of hydrogen-bond donors (Lipinski definition) is 1. The average Bonchev–Trinajstić information content (AvgIpc) is 2.44. The second-order valence-electron chi connectivity index (χ2n) is 5.71. The highest BCUT2D eigenvalue weighted by molar-refractivity contribution is 6.29. The number of anilines is 1. The predicted octanol–water partition coefficient (Wildman–Crippen LogP) is 3.44. The van der Waals surface area contributed by atoms with Gasteiger partial charge in [-0.2, -0.15) is 0 Å². The minimum atomic E-state index is -0.150. The Hall–Kier alpha value is -1.88. The first-order chi connectivity index (χ1) is 9.88. The van der Waals surface area contributed by atoms with Crippen molar-refractivity contribution in [3.05, 3.63) is 40.9 Å². The molecule has 2 aromatic rings. The van der Waals surface area contributed by atoms with Gasteiger partial charge in [-0.15, -0.1) is 0 Å². The standard InChI is InChI=1S/C15H19ClN4O/c1-15(2,3)14-19-11(16)7-12(20-14)17-8-10-5-6-13(21-4)18-9-10/h5-7,9H,8H2,1-4H3,(H,17,19,20). The summed E-state index contributed by atoms with van der Waals surface area (Å²) >= 11 is 6.06. The summed E-state index contributed by atoms with van der Waals surface area (Å²) in [6.07, 6.45) is 1.76. The van der Waals surface area contributed by atoms with Crippen LogP contribution in [0, 0.1) is 0 Å². The van der Waals surface area contributed by atoms with Crippen molar-refractivity contribution in [3.8, 4) is 5.88 Å². The lowest BCUT2D eigenvalue weighted by Crippen LogP contribution is -2.17. The van der Waals surface area contributed by atoms with Crippen molar-refractivity contribution in [2.24, 2.45) is 0 Å². The Balaban J connectivity index is 2.10. The first-order valence-corrected chi connectivity index (χ1v) is 7.04. The highest BCUT2D eigenvalue weighted by Gasteiger charge is 2.18. The molecular weight excluding hydrogens is 288 g/mol. The molecule has 2 aromatic heterocycles. The molecule has 0 aliphatic carbocycles. The summed E-state index contributed by atoms with van der Waals surface area (Å²) < 4.78 is 5.03. The van der Waals surface area contributed by atoms with Crippen LogP contribution in [0.1, 0.15) is 32.2 Å². The number of hydrogen-bond acceptors (Lipinski definition) is 5. The Kier molecular flexibility index (Phi) is 4.63. The zero-order chi connectivity index (χ0) is 15.5. The molecule has 0 aromatic carbocycles. The van der Waals surface area contributed by atoms with Crippen molar-refractivity contribution < 1.29 is 4.74 Å². The van der Waals surface area contributed by atoms with Crippen LogP contribution in [0.3, 0.4) is 0 Å². The maximum absolute atomic E-state index is 6.06. The number of methoxy groups -OCH3 is 1. The van der Waals surface area contributed by atoms with Crippen LogP contribution in [0.25, 0.3) is 0 Å². The second-order valence-corrected chi connectivity index (χ2v) is 6.10. The normalized spacial score (nSPS) is 11.3. The van der Waals surface area contributed by atoms with Gasteiger partial charge in [0.2, 0.25) is 5.88 Å². The lowest BCUT2D eigenvalue weighted by atomic mass is 9.96. The minimum Gasteiger partial charge on any atom is -0.481 e. The molecule has 112 valence electrons. The van der Waals surface area contributed by atoms with Crippen LogP contribution in [-0.2, 0) is 12.0 Å². The van der Waals surface area contributed by atoms with Crippen LogP contribution in [0.15, 0.2) is 24.4 Å². The van der Waals surface area contributed by atoms with Gasteiger partial charge in [0.05, 0.1) is 7.11 Å². The molecule has 1 N–H and O–H groups in total. The average molecular weight is 307 g/mol.